The summed E-state index contributed by atoms with van der Waals surface area (Å²) in [6.45, 7) is 14.1. The molecule has 0 aliphatic heterocycles. The molecule has 0 aliphatic carbocycles. The Bertz CT molecular complexity index is 1890. The Hall–Kier alpha value is -1.94. The van der Waals surface area contributed by atoms with E-state index >= 15 is 0 Å². The zero-order chi connectivity index (χ0) is 71.0. The van der Waals surface area contributed by atoms with Gasteiger partial charge in [0.2, 0.25) is 0 Å². The Morgan fingerprint density at radius 2 is 0.500 bits per heavy atom. The van der Waals surface area contributed by atoms with E-state index in [0.717, 1.165) is 114 Å². The van der Waals surface area contributed by atoms with Crippen molar-refractivity contribution in [1.29, 1.82) is 0 Å². The molecule has 0 aromatic carbocycles. The zero-order valence-corrected chi connectivity index (χ0v) is 64.8. The molecule has 0 aromatic heterocycles. The Labute approximate surface area is 588 Å². The maximum Gasteiger partial charge on any atom is 0.472 e. The molecule has 3 N–H and O–H groups in total. The summed E-state index contributed by atoms with van der Waals surface area (Å²) >= 11 is 0. The zero-order valence-electron chi connectivity index (χ0n) is 63.0. The number of aliphatic hydroxyl groups is 1. The fraction of sp³-hybridized carbons (Fsp3) is 0.948. The average molecular weight is 1410 g/mol. The van der Waals surface area contributed by atoms with Gasteiger partial charge in [-0.3, -0.25) is 37.3 Å². The van der Waals surface area contributed by atoms with Gasteiger partial charge in [-0.05, 0) is 49.4 Å². The maximum absolute atomic E-state index is 13.1. The van der Waals surface area contributed by atoms with E-state index in [2.05, 4.69) is 55.4 Å². The highest BCUT2D eigenvalue weighted by Gasteiger charge is 2.30. The molecular formula is C77H150O17P2. The molecule has 0 aliphatic rings. The van der Waals surface area contributed by atoms with Gasteiger partial charge in [0.15, 0.2) is 12.2 Å². The van der Waals surface area contributed by atoms with Crippen molar-refractivity contribution >= 4 is 39.5 Å². The number of esters is 4. The minimum absolute atomic E-state index is 0.101. The van der Waals surface area contributed by atoms with Crippen LogP contribution in [-0.4, -0.2) is 96.7 Å². The van der Waals surface area contributed by atoms with E-state index in [4.69, 9.17) is 37.0 Å². The van der Waals surface area contributed by atoms with E-state index in [0.29, 0.717) is 31.6 Å². The summed E-state index contributed by atoms with van der Waals surface area (Å²) < 4.78 is 68.4. The van der Waals surface area contributed by atoms with Gasteiger partial charge in [-0.2, -0.15) is 0 Å². The second-order valence-electron chi connectivity index (χ2n) is 29.2. The van der Waals surface area contributed by atoms with Crippen molar-refractivity contribution in [1.82, 2.24) is 0 Å². The monoisotopic (exact) mass is 1410 g/mol. The number of rotatable bonds is 74. The first kappa shape index (κ1) is 94.1. The summed E-state index contributed by atoms with van der Waals surface area (Å²) in [5.74, 6) is 0.924. The number of carbonyl (C=O) groups excluding carboxylic acids is 4. The Morgan fingerprint density at radius 1 is 0.292 bits per heavy atom. The van der Waals surface area contributed by atoms with Crippen LogP contribution in [0.15, 0.2) is 0 Å². The smallest absolute Gasteiger partial charge is 0.462 e. The van der Waals surface area contributed by atoms with Crippen LogP contribution >= 0.6 is 15.6 Å². The number of hydrogen-bond donors (Lipinski definition) is 3. The van der Waals surface area contributed by atoms with Gasteiger partial charge in [0.05, 0.1) is 26.4 Å². The predicted molar refractivity (Wildman–Crippen MR) is 391 cm³/mol. The molecule has 0 amide bonds. The number of aliphatic hydroxyl groups excluding tert-OH is 1. The third-order valence-electron chi connectivity index (χ3n) is 18.5. The van der Waals surface area contributed by atoms with Crippen molar-refractivity contribution in [2.45, 2.75) is 408 Å². The van der Waals surface area contributed by atoms with Crippen molar-refractivity contribution in [2.75, 3.05) is 39.6 Å². The van der Waals surface area contributed by atoms with Gasteiger partial charge in [-0.15, -0.1) is 0 Å². The lowest BCUT2D eigenvalue weighted by Gasteiger charge is -2.21. The molecule has 0 spiro atoms. The average Bonchev–Trinajstić information content (AvgIpc) is 1.09. The van der Waals surface area contributed by atoms with Gasteiger partial charge in [-0.25, -0.2) is 9.13 Å². The van der Waals surface area contributed by atoms with Crippen molar-refractivity contribution in [2.24, 2.45) is 23.7 Å². The first-order chi connectivity index (χ1) is 46.2. The first-order valence-corrected chi connectivity index (χ1v) is 42.8. The van der Waals surface area contributed by atoms with Gasteiger partial charge in [-0.1, -0.05) is 338 Å². The molecule has 96 heavy (non-hydrogen) atoms. The number of phosphoric acid groups is 2. The van der Waals surface area contributed by atoms with E-state index in [1.165, 1.54) is 186 Å². The molecule has 17 nitrogen and oxygen atoms in total. The van der Waals surface area contributed by atoms with Crippen LogP contribution in [0.3, 0.4) is 0 Å². The number of ether oxygens (including phenoxy) is 4. The molecule has 0 rings (SSSR count). The van der Waals surface area contributed by atoms with Crippen LogP contribution < -0.4 is 0 Å². The minimum Gasteiger partial charge on any atom is -0.462 e. The standard InChI is InChI=1S/C77H150O17P2/c1-9-69(7)55-47-39-30-26-22-17-15-13-11-12-14-16-18-23-27-31-41-49-57-74(79)87-63-72(93-76(81)59-51-43-32-28-24-20-19-21-25-29-37-45-53-67(3)4)65-91-95(83,84)89-61-71(78)62-90-96(85,86)92-66-73(94-77(82)60-52-44-35-33-38-46-54-68(5)6)64-88-75(80)58-50-42-36-34-40-48-56-70(8)10-2/h67-73,78H,9-66H2,1-8H3,(H,83,84)(H,85,86)/t69?,70?,71-,72-,73-/m1/s1. The Morgan fingerprint density at radius 3 is 0.740 bits per heavy atom. The molecule has 4 unspecified atom stereocenters. The van der Waals surface area contributed by atoms with Gasteiger partial charge in [0.25, 0.3) is 0 Å². The van der Waals surface area contributed by atoms with Crippen molar-refractivity contribution in [3.8, 4) is 0 Å². The lowest BCUT2D eigenvalue weighted by molar-refractivity contribution is -0.161. The van der Waals surface area contributed by atoms with Crippen molar-refractivity contribution in [3.63, 3.8) is 0 Å². The molecule has 0 bridgehead atoms. The summed E-state index contributed by atoms with van der Waals surface area (Å²) in [6.07, 6.45) is 51.7. The predicted octanol–water partition coefficient (Wildman–Crippen LogP) is 22.4. The van der Waals surface area contributed by atoms with Crippen LogP contribution in [0.4, 0.5) is 0 Å². The van der Waals surface area contributed by atoms with Crippen molar-refractivity contribution in [3.05, 3.63) is 0 Å². The lowest BCUT2D eigenvalue weighted by Crippen LogP contribution is -2.30. The molecule has 0 fully saturated rings. The SMILES string of the molecule is CCC(C)CCCCCCCCCCCCCCCCCCCCC(=O)OC[C@H](COP(=O)(O)OC[C@@H](O)COP(=O)(O)OC[C@@H](COC(=O)CCCCCCCCC(C)CC)OC(=O)CCCCCCCCC(C)C)OC(=O)CCCCCCCCCCCCCCC(C)C. The van der Waals surface area contributed by atoms with E-state index in [-0.39, 0.29) is 25.7 Å². The van der Waals surface area contributed by atoms with Gasteiger partial charge in [0.1, 0.15) is 19.3 Å². The minimum atomic E-state index is -4.96. The second kappa shape index (κ2) is 66.3. The normalized spacial score (nSPS) is 14.7. The first-order valence-electron chi connectivity index (χ1n) is 39.8. The Kier molecular flexibility index (Phi) is 65.0. The second-order valence-corrected chi connectivity index (χ2v) is 32.1. The summed E-state index contributed by atoms with van der Waals surface area (Å²) in [6, 6.07) is 0. The molecule has 0 aromatic rings. The van der Waals surface area contributed by atoms with Crippen LogP contribution in [0, 0.1) is 23.7 Å². The third kappa shape index (κ3) is 67.9. The number of phosphoric ester groups is 2. The molecule has 7 atom stereocenters. The van der Waals surface area contributed by atoms with E-state index in [1.54, 1.807) is 0 Å². The van der Waals surface area contributed by atoms with Gasteiger partial charge >= 0.3 is 39.5 Å². The fourth-order valence-electron chi connectivity index (χ4n) is 11.7. The van der Waals surface area contributed by atoms with Gasteiger partial charge < -0.3 is 33.8 Å². The number of carbonyl (C=O) groups is 4. The topological polar surface area (TPSA) is 237 Å². The molecular weight excluding hydrogens is 1260 g/mol. The third-order valence-corrected chi connectivity index (χ3v) is 20.4. The van der Waals surface area contributed by atoms with Gasteiger partial charge in [0, 0.05) is 25.7 Å². The molecule has 0 saturated heterocycles. The largest absolute Gasteiger partial charge is 0.472 e. The van der Waals surface area contributed by atoms with E-state index < -0.39 is 97.5 Å². The fourth-order valence-corrected chi connectivity index (χ4v) is 13.2. The van der Waals surface area contributed by atoms with E-state index in [9.17, 15) is 43.2 Å². The van der Waals surface area contributed by atoms with E-state index in [1.807, 2.05) is 0 Å². The molecule has 19 heteroatoms. The quantitative estimate of drug-likeness (QED) is 0.0222. The van der Waals surface area contributed by atoms with Crippen LogP contribution in [-0.2, 0) is 65.4 Å². The summed E-state index contributed by atoms with van der Waals surface area (Å²) in [4.78, 5) is 72.7. The maximum atomic E-state index is 13.1. The number of unbranched alkanes of at least 4 members (excludes halogenated alkanes) is 38. The highest BCUT2D eigenvalue weighted by molar-refractivity contribution is 7.47. The summed E-state index contributed by atoms with van der Waals surface area (Å²) in [5, 5.41) is 10.6. The summed E-state index contributed by atoms with van der Waals surface area (Å²) in [5.41, 5.74) is 0. The van der Waals surface area contributed by atoms with Crippen LogP contribution in [0.5, 0.6) is 0 Å². The van der Waals surface area contributed by atoms with Crippen LogP contribution in [0.1, 0.15) is 389 Å². The molecule has 0 radical (unpaired) electrons. The number of hydrogen-bond acceptors (Lipinski definition) is 15. The van der Waals surface area contributed by atoms with Crippen LogP contribution in [0.2, 0.25) is 0 Å². The highest BCUT2D eigenvalue weighted by Crippen LogP contribution is 2.45. The van der Waals surface area contributed by atoms with Crippen LogP contribution in [0.25, 0.3) is 0 Å². The molecule has 570 valence electrons. The Balaban J connectivity index is 5.16. The molecule has 0 saturated carbocycles. The summed E-state index contributed by atoms with van der Waals surface area (Å²) in [7, 11) is -9.91. The lowest BCUT2D eigenvalue weighted by atomic mass is 9.99. The molecule has 0 heterocycles. The van der Waals surface area contributed by atoms with Crippen molar-refractivity contribution < 1.29 is 80.2 Å². The highest BCUT2D eigenvalue weighted by atomic mass is 31.2.